The molecule has 6 nitrogen and oxygen atoms in total. The van der Waals surface area contributed by atoms with Gasteiger partial charge in [0.2, 0.25) is 5.88 Å². The molecule has 3 rings (SSSR count). The zero-order valence-electron chi connectivity index (χ0n) is 10.2. The molecule has 1 fully saturated rings. The SMILES string of the molecule is Clc1cc2nccnc2c(OCC2CNCCO2)n1. The smallest absolute Gasteiger partial charge is 0.243 e. The van der Waals surface area contributed by atoms with Crippen molar-refractivity contribution in [3.63, 3.8) is 0 Å². The minimum atomic E-state index is 0.0150. The molecule has 0 aliphatic carbocycles. The number of rotatable bonds is 3. The Morgan fingerprint density at radius 2 is 2.32 bits per heavy atom. The summed E-state index contributed by atoms with van der Waals surface area (Å²) in [6.07, 6.45) is 3.22. The lowest BCUT2D eigenvalue weighted by atomic mass is 10.3. The summed E-state index contributed by atoms with van der Waals surface area (Å²) in [4.78, 5) is 12.6. The number of nitrogens with one attached hydrogen (secondary N) is 1. The van der Waals surface area contributed by atoms with E-state index in [0.717, 1.165) is 13.1 Å². The molecule has 0 radical (unpaired) electrons. The van der Waals surface area contributed by atoms with Gasteiger partial charge in [0, 0.05) is 31.5 Å². The van der Waals surface area contributed by atoms with Gasteiger partial charge in [-0.05, 0) is 0 Å². The molecule has 2 aromatic rings. The third-order valence-corrected chi connectivity index (χ3v) is 3.00. The Morgan fingerprint density at radius 3 is 3.16 bits per heavy atom. The number of nitrogens with zero attached hydrogens (tertiary/aromatic N) is 3. The highest BCUT2D eigenvalue weighted by Crippen LogP contribution is 2.23. The van der Waals surface area contributed by atoms with E-state index < -0.39 is 0 Å². The first-order chi connectivity index (χ1) is 9.33. The normalized spacial score (nSPS) is 19.5. The van der Waals surface area contributed by atoms with Crippen LogP contribution in [0.5, 0.6) is 5.88 Å². The molecule has 0 saturated carbocycles. The molecule has 1 unspecified atom stereocenters. The Bertz CT molecular complexity index is 575. The first kappa shape index (κ1) is 12.5. The second-order valence-corrected chi connectivity index (χ2v) is 4.57. The molecular weight excluding hydrogens is 268 g/mol. The maximum absolute atomic E-state index is 5.94. The standard InChI is InChI=1S/C12H13ClN4O2/c13-10-5-9-11(16-2-1-15-9)12(17-10)19-7-8-6-14-3-4-18-8/h1-2,5,8,14H,3-4,6-7H2. The van der Waals surface area contributed by atoms with Gasteiger partial charge >= 0.3 is 0 Å². The minimum Gasteiger partial charge on any atom is -0.473 e. The lowest BCUT2D eigenvalue weighted by Crippen LogP contribution is -2.41. The van der Waals surface area contributed by atoms with Crippen molar-refractivity contribution in [1.29, 1.82) is 0 Å². The predicted molar refractivity (Wildman–Crippen MR) is 70.4 cm³/mol. The van der Waals surface area contributed by atoms with Gasteiger partial charge in [0.05, 0.1) is 12.1 Å². The molecule has 1 aliphatic heterocycles. The molecule has 1 N–H and O–H groups in total. The molecule has 19 heavy (non-hydrogen) atoms. The van der Waals surface area contributed by atoms with Crippen molar-refractivity contribution in [2.75, 3.05) is 26.3 Å². The number of ether oxygens (including phenoxy) is 2. The molecule has 1 atom stereocenters. The van der Waals surface area contributed by atoms with Gasteiger partial charge < -0.3 is 14.8 Å². The molecule has 0 spiro atoms. The summed E-state index contributed by atoms with van der Waals surface area (Å²) in [6, 6.07) is 1.66. The predicted octanol–water partition coefficient (Wildman–Crippen LogP) is 1.05. The molecule has 1 saturated heterocycles. The molecule has 0 amide bonds. The third-order valence-electron chi connectivity index (χ3n) is 2.80. The zero-order chi connectivity index (χ0) is 13.1. The van der Waals surface area contributed by atoms with Crippen molar-refractivity contribution in [1.82, 2.24) is 20.3 Å². The van der Waals surface area contributed by atoms with Crippen LogP contribution in [0.15, 0.2) is 18.5 Å². The Labute approximate surface area is 115 Å². The van der Waals surface area contributed by atoms with Crippen LogP contribution in [0.3, 0.4) is 0 Å². The van der Waals surface area contributed by atoms with Crippen LogP contribution in [0.25, 0.3) is 11.0 Å². The summed E-state index contributed by atoms with van der Waals surface area (Å²) in [5, 5.41) is 3.58. The second-order valence-electron chi connectivity index (χ2n) is 4.18. The summed E-state index contributed by atoms with van der Waals surface area (Å²) in [7, 11) is 0. The number of fused-ring (bicyclic) bond motifs is 1. The molecule has 100 valence electrons. The Balaban J connectivity index is 1.79. The van der Waals surface area contributed by atoms with Crippen LogP contribution in [0.4, 0.5) is 0 Å². The molecule has 1 aliphatic rings. The van der Waals surface area contributed by atoms with Crippen LogP contribution < -0.4 is 10.1 Å². The molecule has 0 bridgehead atoms. The summed E-state index contributed by atoms with van der Waals surface area (Å²) >= 11 is 5.94. The lowest BCUT2D eigenvalue weighted by molar-refractivity contribution is -0.000425. The van der Waals surface area contributed by atoms with Crippen molar-refractivity contribution in [2.45, 2.75) is 6.10 Å². The van der Waals surface area contributed by atoms with Gasteiger partial charge in [-0.2, -0.15) is 4.98 Å². The average molecular weight is 281 g/mol. The largest absolute Gasteiger partial charge is 0.473 e. The maximum atomic E-state index is 5.94. The van der Waals surface area contributed by atoms with E-state index in [-0.39, 0.29) is 6.10 Å². The highest BCUT2D eigenvalue weighted by molar-refractivity contribution is 6.30. The van der Waals surface area contributed by atoms with Crippen LogP contribution in [0.2, 0.25) is 5.15 Å². The number of morpholine rings is 1. The first-order valence-electron chi connectivity index (χ1n) is 6.05. The number of halogens is 1. The molecular formula is C12H13ClN4O2. The molecule has 7 heteroatoms. The molecule has 0 aromatic carbocycles. The second kappa shape index (κ2) is 5.64. The molecule has 2 aromatic heterocycles. The Hall–Kier alpha value is -1.50. The van der Waals surface area contributed by atoms with E-state index in [1.807, 2.05) is 0 Å². The van der Waals surface area contributed by atoms with Crippen molar-refractivity contribution in [2.24, 2.45) is 0 Å². The van der Waals surface area contributed by atoms with Gasteiger partial charge in [-0.3, -0.25) is 4.98 Å². The Kier molecular flexibility index (Phi) is 3.72. The van der Waals surface area contributed by atoms with Crippen LogP contribution in [-0.4, -0.2) is 47.4 Å². The monoisotopic (exact) mass is 280 g/mol. The summed E-state index contributed by atoms with van der Waals surface area (Å²) in [5.74, 6) is 0.393. The van der Waals surface area contributed by atoms with E-state index in [0.29, 0.717) is 35.3 Å². The van der Waals surface area contributed by atoms with E-state index in [2.05, 4.69) is 20.3 Å². The van der Waals surface area contributed by atoms with Gasteiger partial charge in [0.25, 0.3) is 0 Å². The van der Waals surface area contributed by atoms with Gasteiger partial charge in [0.15, 0.2) is 5.52 Å². The Morgan fingerprint density at radius 1 is 1.42 bits per heavy atom. The van der Waals surface area contributed by atoms with E-state index in [4.69, 9.17) is 21.1 Å². The van der Waals surface area contributed by atoms with Gasteiger partial charge in [-0.25, -0.2) is 4.98 Å². The summed E-state index contributed by atoms with van der Waals surface area (Å²) in [6.45, 7) is 2.74. The maximum Gasteiger partial charge on any atom is 0.243 e. The lowest BCUT2D eigenvalue weighted by Gasteiger charge is -2.23. The number of hydrogen-bond donors (Lipinski definition) is 1. The van der Waals surface area contributed by atoms with Crippen molar-refractivity contribution >= 4 is 22.6 Å². The topological polar surface area (TPSA) is 69.2 Å². The number of pyridine rings is 1. The fourth-order valence-corrected chi connectivity index (χ4v) is 2.09. The van der Waals surface area contributed by atoms with E-state index in [9.17, 15) is 0 Å². The highest BCUT2D eigenvalue weighted by Gasteiger charge is 2.16. The van der Waals surface area contributed by atoms with Crippen molar-refractivity contribution in [3.05, 3.63) is 23.6 Å². The third kappa shape index (κ3) is 2.91. The first-order valence-corrected chi connectivity index (χ1v) is 6.43. The summed E-state index contributed by atoms with van der Waals surface area (Å²) in [5.41, 5.74) is 1.27. The van der Waals surface area contributed by atoms with Crippen molar-refractivity contribution < 1.29 is 9.47 Å². The van der Waals surface area contributed by atoms with Crippen LogP contribution >= 0.6 is 11.6 Å². The van der Waals surface area contributed by atoms with Crippen molar-refractivity contribution in [3.8, 4) is 5.88 Å². The van der Waals surface area contributed by atoms with Crippen LogP contribution in [-0.2, 0) is 4.74 Å². The van der Waals surface area contributed by atoms with Gasteiger partial charge in [-0.15, -0.1) is 0 Å². The fraction of sp³-hybridized carbons (Fsp3) is 0.417. The van der Waals surface area contributed by atoms with Crippen LogP contribution in [0.1, 0.15) is 0 Å². The van der Waals surface area contributed by atoms with E-state index in [1.165, 1.54) is 0 Å². The van der Waals surface area contributed by atoms with Crippen LogP contribution in [0, 0.1) is 0 Å². The fourth-order valence-electron chi connectivity index (χ4n) is 1.91. The summed E-state index contributed by atoms with van der Waals surface area (Å²) < 4.78 is 11.2. The van der Waals surface area contributed by atoms with Gasteiger partial charge in [0.1, 0.15) is 17.9 Å². The average Bonchev–Trinajstić information content (AvgIpc) is 2.45. The molecule has 3 heterocycles. The highest BCUT2D eigenvalue weighted by atomic mass is 35.5. The quantitative estimate of drug-likeness (QED) is 0.848. The number of hydrogen-bond acceptors (Lipinski definition) is 6. The number of aromatic nitrogens is 3. The van der Waals surface area contributed by atoms with E-state index >= 15 is 0 Å². The van der Waals surface area contributed by atoms with Gasteiger partial charge in [-0.1, -0.05) is 11.6 Å². The van der Waals surface area contributed by atoms with E-state index in [1.54, 1.807) is 18.5 Å². The zero-order valence-corrected chi connectivity index (χ0v) is 10.9. The minimum absolute atomic E-state index is 0.0150.